The van der Waals surface area contributed by atoms with E-state index >= 15 is 0 Å². The van der Waals surface area contributed by atoms with Crippen LogP contribution in [-0.4, -0.2) is 61.0 Å². The Labute approximate surface area is 174 Å². The Morgan fingerprint density at radius 1 is 0.900 bits per heavy atom. The summed E-state index contributed by atoms with van der Waals surface area (Å²) in [6.45, 7) is 0.221. The zero-order chi connectivity index (χ0) is 21.3. The minimum absolute atomic E-state index is 0.213. The highest BCUT2D eigenvalue weighted by Crippen LogP contribution is 2.23. The molecule has 2 aromatic rings. The minimum Gasteiger partial charge on any atom is -0.352 e. The highest BCUT2D eigenvalue weighted by atomic mass is 32.2. The van der Waals surface area contributed by atoms with E-state index in [0.717, 1.165) is 4.90 Å². The molecule has 2 aliphatic rings. The summed E-state index contributed by atoms with van der Waals surface area (Å²) >= 11 is 0. The molecule has 0 radical (unpaired) electrons. The van der Waals surface area contributed by atoms with E-state index in [0.29, 0.717) is 24.0 Å². The standard InChI is InChI=1S/C21H21N3O5S/c25-19(14-24-20(26)17-8-4-5-9-18(17)21(24)27)22-15-10-12-23(13-11-15)30(28,29)16-6-2-1-3-7-16/h1-9,15H,10-14H2,(H,22,25). The molecule has 30 heavy (non-hydrogen) atoms. The largest absolute Gasteiger partial charge is 0.352 e. The van der Waals surface area contributed by atoms with Crippen molar-refractivity contribution in [3.63, 3.8) is 0 Å². The molecule has 9 heteroatoms. The first-order chi connectivity index (χ1) is 14.4. The number of fused-ring (bicyclic) bond motifs is 1. The van der Waals surface area contributed by atoms with Crippen LogP contribution in [0.3, 0.4) is 0 Å². The summed E-state index contributed by atoms with van der Waals surface area (Å²) in [7, 11) is -3.55. The van der Waals surface area contributed by atoms with Gasteiger partial charge in [0.05, 0.1) is 16.0 Å². The van der Waals surface area contributed by atoms with Crippen LogP contribution in [0.15, 0.2) is 59.5 Å². The van der Waals surface area contributed by atoms with Gasteiger partial charge in [-0.15, -0.1) is 0 Å². The molecular weight excluding hydrogens is 406 g/mol. The van der Waals surface area contributed by atoms with Gasteiger partial charge in [0.2, 0.25) is 15.9 Å². The van der Waals surface area contributed by atoms with Crippen molar-refractivity contribution in [2.24, 2.45) is 0 Å². The molecule has 4 rings (SSSR count). The van der Waals surface area contributed by atoms with E-state index in [1.54, 1.807) is 54.6 Å². The summed E-state index contributed by atoms with van der Waals surface area (Å²) in [4.78, 5) is 38.4. The van der Waals surface area contributed by atoms with Crippen LogP contribution in [-0.2, 0) is 14.8 Å². The number of piperidine rings is 1. The van der Waals surface area contributed by atoms with Crippen molar-refractivity contribution in [2.45, 2.75) is 23.8 Å². The first kappa shape index (κ1) is 20.2. The Morgan fingerprint density at radius 2 is 1.43 bits per heavy atom. The van der Waals surface area contributed by atoms with Gasteiger partial charge in [-0.05, 0) is 37.1 Å². The average Bonchev–Trinajstić information content (AvgIpc) is 3.00. The van der Waals surface area contributed by atoms with Gasteiger partial charge in [-0.2, -0.15) is 4.31 Å². The third kappa shape index (κ3) is 3.73. The van der Waals surface area contributed by atoms with Gasteiger partial charge in [-0.25, -0.2) is 8.42 Å². The van der Waals surface area contributed by atoms with Crippen molar-refractivity contribution in [1.82, 2.24) is 14.5 Å². The maximum absolute atomic E-state index is 12.7. The number of rotatable bonds is 5. The number of carbonyl (C=O) groups is 3. The highest BCUT2D eigenvalue weighted by molar-refractivity contribution is 7.89. The number of amides is 3. The van der Waals surface area contributed by atoms with Gasteiger partial charge in [-0.1, -0.05) is 30.3 Å². The van der Waals surface area contributed by atoms with E-state index in [4.69, 9.17) is 0 Å². The van der Waals surface area contributed by atoms with Crippen LogP contribution in [0.5, 0.6) is 0 Å². The van der Waals surface area contributed by atoms with Crippen LogP contribution in [0.1, 0.15) is 33.6 Å². The first-order valence-electron chi connectivity index (χ1n) is 9.68. The zero-order valence-corrected chi connectivity index (χ0v) is 17.0. The van der Waals surface area contributed by atoms with Crippen molar-refractivity contribution in [1.29, 1.82) is 0 Å². The SMILES string of the molecule is O=C(CN1C(=O)c2ccccc2C1=O)NC1CCN(S(=O)(=O)c2ccccc2)CC1. The maximum Gasteiger partial charge on any atom is 0.262 e. The number of imide groups is 1. The van der Waals surface area contributed by atoms with Gasteiger partial charge in [-0.3, -0.25) is 19.3 Å². The smallest absolute Gasteiger partial charge is 0.262 e. The highest BCUT2D eigenvalue weighted by Gasteiger charge is 2.37. The molecule has 2 aliphatic heterocycles. The number of hydrogen-bond acceptors (Lipinski definition) is 5. The Balaban J connectivity index is 1.32. The van der Waals surface area contributed by atoms with Gasteiger partial charge in [0.1, 0.15) is 6.54 Å². The van der Waals surface area contributed by atoms with E-state index in [1.807, 2.05) is 0 Å². The topological polar surface area (TPSA) is 104 Å². The Bertz CT molecular complexity index is 1060. The molecule has 0 aliphatic carbocycles. The van der Waals surface area contributed by atoms with E-state index in [1.165, 1.54) is 4.31 Å². The van der Waals surface area contributed by atoms with Gasteiger partial charge in [0.15, 0.2) is 0 Å². The molecule has 0 aromatic heterocycles. The van der Waals surface area contributed by atoms with E-state index < -0.39 is 27.7 Å². The summed E-state index contributed by atoms with van der Waals surface area (Å²) in [5, 5.41) is 2.82. The van der Waals surface area contributed by atoms with Crippen molar-refractivity contribution in [3.8, 4) is 0 Å². The van der Waals surface area contributed by atoms with E-state index in [2.05, 4.69) is 5.32 Å². The van der Waals surface area contributed by atoms with Gasteiger partial charge in [0.25, 0.3) is 11.8 Å². The van der Waals surface area contributed by atoms with Gasteiger partial charge < -0.3 is 5.32 Å². The molecule has 2 heterocycles. The summed E-state index contributed by atoms with van der Waals surface area (Å²) in [5.74, 6) is -1.39. The molecule has 3 amide bonds. The number of benzene rings is 2. The molecule has 0 spiro atoms. The first-order valence-corrected chi connectivity index (χ1v) is 11.1. The fourth-order valence-corrected chi connectivity index (χ4v) is 5.27. The summed E-state index contributed by atoms with van der Waals surface area (Å²) in [5.41, 5.74) is 0.601. The van der Waals surface area contributed by atoms with Crippen LogP contribution in [0.2, 0.25) is 0 Å². The van der Waals surface area contributed by atoms with Crippen LogP contribution < -0.4 is 5.32 Å². The number of carbonyl (C=O) groups excluding carboxylic acids is 3. The van der Waals surface area contributed by atoms with Crippen molar-refractivity contribution in [3.05, 3.63) is 65.7 Å². The molecule has 0 unspecified atom stereocenters. The normalized spacial score (nSPS) is 17.8. The Morgan fingerprint density at radius 3 is 2.00 bits per heavy atom. The molecule has 1 fully saturated rings. The third-order valence-corrected chi connectivity index (χ3v) is 7.29. The molecule has 1 saturated heterocycles. The fraction of sp³-hybridized carbons (Fsp3) is 0.286. The quantitative estimate of drug-likeness (QED) is 0.724. The second kappa shape index (κ2) is 8.00. The summed E-state index contributed by atoms with van der Waals surface area (Å²) < 4.78 is 26.8. The molecule has 0 saturated carbocycles. The predicted octanol–water partition coefficient (Wildman–Crippen LogP) is 1.25. The van der Waals surface area contributed by atoms with Crippen molar-refractivity contribution in [2.75, 3.05) is 19.6 Å². The van der Waals surface area contributed by atoms with Crippen LogP contribution in [0.25, 0.3) is 0 Å². The Hall–Kier alpha value is -3.04. The minimum atomic E-state index is -3.55. The molecular formula is C21H21N3O5S. The second-order valence-corrected chi connectivity index (χ2v) is 9.24. The number of hydrogen-bond donors (Lipinski definition) is 1. The van der Waals surface area contributed by atoms with Crippen molar-refractivity contribution < 1.29 is 22.8 Å². The molecule has 0 bridgehead atoms. The van der Waals surface area contributed by atoms with E-state index in [-0.39, 0.29) is 30.6 Å². The van der Waals surface area contributed by atoms with E-state index in [9.17, 15) is 22.8 Å². The maximum atomic E-state index is 12.7. The second-order valence-electron chi connectivity index (χ2n) is 7.30. The molecule has 8 nitrogen and oxygen atoms in total. The average molecular weight is 427 g/mol. The molecule has 0 atom stereocenters. The number of sulfonamides is 1. The lowest BCUT2D eigenvalue weighted by molar-refractivity contribution is -0.122. The lowest BCUT2D eigenvalue weighted by Crippen LogP contribution is -2.49. The third-order valence-electron chi connectivity index (χ3n) is 5.38. The summed E-state index contributed by atoms with van der Waals surface area (Å²) in [6, 6.07) is 14.5. The number of nitrogens with one attached hydrogen (secondary N) is 1. The van der Waals surface area contributed by atoms with Gasteiger partial charge >= 0.3 is 0 Å². The zero-order valence-electron chi connectivity index (χ0n) is 16.2. The van der Waals surface area contributed by atoms with Crippen molar-refractivity contribution >= 4 is 27.7 Å². The van der Waals surface area contributed by atoms with Gasteiger partial charge in [0, 0.05) is 19.1 Å². The predicted molar refractivity (Wildman–Crippen MR) is 108 cm³/mol. The Kier molecular flexibility index (Phi) is 5.40. The van der Waals surface area contributed by atoms with Crippen LogP contribution >= 0.6 is 0 Å². The molecule has 1 N–H and O–H groups in total. The fourth-order valence-electron chi connectivity index (χ4n) is 3.78. The summed E-state index contributed by atoms with van der Waals surface area (Å²) in [6.07, 6.45) is 0.917. The molecule has 156 valence electrons. The molecule has 2 aromatic carbocycles. The van der Waals surface area contributed by atoms with Crippen LogP contribution in [0.4, 0.5) is 0 Å². The lowest BCUT2D eigenvalue weighted by atomic mass is 10.1. The lowest BCUT2D eigenvalue weighted by Gasteiger charge is -2.31. The van der Waals surface area contributed by atoms with Crippen LogP contribution in [0, 0.1) is 0 Å². The number of nitrogens with zero attached hydrogens (tertiary/aromatic N) is 2. The monoisotopic (exact) mass is 427 g/mol.